The van der Waals surface area contributed by atoms with Gasteiger partial charge in [0.25, 0.3) is 0 Å². The summed E-state index contributed by atoms with van der Waals surface area (Å²) in [5, 5.41) is 0. The zero-order chi connectivity index (χ0) is 12.5. The number of aryl methyl sites for hydroxylation is 1. The molecule has 2 heteroatoms. The second-order valence-corrected chi connectivity index (χ2v) is 5.15. The van der Waals surface area contributed by atoms with Crippen molar-refractivity contribution >= 4 is 0 Å². The third kappa shape index (κ3) is 2.12. The van der Waals surface area contributed by atoms with Crippen LogP contribution in [-0.2, 0) is 11.2 Å². The first-order valence-corrected chi connectivity index (χ1v) is 6.64. The fraction of sp³-hybridized carbons (Fsp3) is 0.600. The van der Waals surface area contributed by atoms with E-state index < -0.39 is 0 Å². The van der Waals surface area contributed by atoms with Gasteiger partial charge in [0, 0.05) is 26.2 Å². The van der Waals surface area contributed by atoms with Gasteiger partial charge in [-0.05, 0) is 36.8 Å². The van der Waals surface area contributed by atoms with Crippen LogP contribution >= 0.6 is 0 Å². The second kappa shape index (κ2) is 4.79. The fourth-order valence-corrected chi connectivity index (χ4v) is 3.27. The number of benzene rings is 1. The van der Waals surface area contributed by atoms with Crippen LogP contribution in [0.15, 0.2) is 24.2 Å². The Labute approximate surface area is 105 Å². The molecule has 1 atom stereocenters. The zero-order valence-corrected chi connectivity index (χ0v) is 10.5. The molecule has 1 fully saturated rings. The number of methoxy groups -OCH3 is 1. The van der Waals surface area contributed by atoms with Crippen LogP contribution in [-0.4, -0.2) is 31.2 Å². The minimum atomic E-state index is 0.456. The molecule has 92 valence electrons. The molecule has 1 heterocycles. The molecule has 0 aromatic heterocycles. The lowest BCUT2D eigenvalue weighted by Gasteiger charge is -2.35. The van der Waals surface area contributed by atoms with Gasteiger partial charge in [-0.2, -0.15) is 0 Å². The number of likely N-dealkylation sites (tertiary alicyclic amines) is 1. The number of ether oxygens (including phenoxy) is 1. The van der Waals surface area contributed by atoms with E-state index in [-0.39, 0.29) is 0 Å². The zero-order valence-electron chi connectivity index (χ0n) is 11.5. The Bertz CT molecular complexity index is 427. The van der Waals surface area contributed by atoms with Crippen molar-refractivity contribution in [2.24, 2.45) is 0 Å². The number of nitrogens with zero attached hydrogens (tertiary/aromatic N) is 1. The highest BCUT2D eigenvalue weighted by Crippen LogP contribution is 2.36. The third-order valence-electron chi connectivity index (χ3n) is 4.28. The van der Waals surface area contributed by atoms with Crippen LogP contribution in [0.5, 0.6) is 0 Å². The van der Waals surface area contributed by atoms with Crippen LogP contribution in [0, 0.1) is 0 Å². The highest BCUT2D eigenvalue weighted by atomic mass is 16.5. The molecule has 1 aromatic rings. The van der Waals surface area contributed by atoms with Crippen molar-refractivity contribution in [3.63, 3.8) is 0 Å². The lowest BCUT2D eigenvalue weighted by atomic mass is 10.0. The van der Waals surface area contributed by atoms with Crippen LogP contribution in [0.25, 0.3) is 0 Å². The van der Waals surface area contributed by atoms with Gasteiger partial charge in [0.2, 0.25) is 0 Å². The maximum absolute atomic E-state index is 7.70. The van der Waals surface area contributed by atoms with E-state index in [0.29, 0.717) is 18.2 Å². The lowest BCUT2D eigenvalue weighted by Crippen LogP contribution is -2.38. The van der Waals surface area contributed by atoms with Crippen molar-refractivity contribution in [3.05, 3.63) is 35.4 Å². The Balaban J connectivity index is 1.73. The summed E-state index contributed by atoms with van der Waals surface area (Å²) in [6, 6.07) is 7.36. The van der Waals surface area contributed by atoms with Crippen LogP contribution < -0.4 is 0 Å². The van der Waals surface area contributed by atoms with Crippen molar-refractivity contribution in [1.82, 2.24) is 4.90 Å². The minimum absolute atomic E-state index is 0.456. The molecule has 0 radical (unpaired) electrons. The molecular formula is C15H21NO. The van der Waals surface area contributed by atoms with Crippen LogP contribution in [0.1, 0.15) is 37.8 Å². The first kappa shape index (κ1) is 10.1. The normalized spacial score (nSPS) is 26.9. The third-order valence-corrected chi connectivity index (χ3v) is 4.28. The number of hydrogen-bond acceptors (Lipinski definition) is 2. The van der Waals surface area contributed by atoms with E-state index in [4.69, 9.17) is 6.11 Å². The summed E-state index contributed by atoms with van der Waals surface area (Å²) in [6.07, 6.45) is 5.11. The number of hydrogen-bond donors (Lipinski definition) is 0. The molecule has 17 heavy (non-hydrogen) atoms. The molecule has 2 aliphatic rings. The summed E-state index contributed by atoms with van der Waals surface area (Å²) in [5.41, 5.74) is 2.85. The van der Waals surface area contributed by atoms with Gasteiger partial charge in [-0.25, -0.2) is 0 Å². The highest BCUT2D eigenvalue weighted by Gasteiger charge is 2.30. The van der Waals surface area contributed by atoms with Crippen LogP contribution in [0.2, 0.25) is 0 Å². The molecule has 1 saturated heterocycles. The Hall–Kier alpha value is -0.860. The summed E-state index contributed by atoms with van der Waals surface area (Å²) in [6.45, 7) is 2.29. The van der Waals surface area contributed by atoms with Crippen LogP contribution in [0.3, 0.4) is 0 Å². The van der Waals surface area contributed by atoms with Gasteiger partial charge in [-0.15, -0.1) is 0 Å². The van der Waals surface area contributed by atoms with E-state index in [1.165, 1.54) is 17.5 Å². The fourth-order valence-electron chi connectivity index (χ4n) is 3.27. The van der Waals surface area contributed by atoms with E-state index >= 15 is 0 Å². The predicted molar refractivity (Wildman–Crippen MR) is 69.1 cm³/mol. The molecule has 0 spiro atoms. The first-order valence-electron chi connectivity index (χ1n) is 7.14. The second-order valence-electron chi connectivity index (χ2n) is 5.15. The van der Waals surface area contributed by atoms with Gasteiger partial charge in [0.15, 0.2) is 0 Å². The monoisotopic (exact) mass is 232 g/mol. The quantitative estimate of drug-likeness (QED) is 0.777. The lowest BCUT2D eigenvalue weighted by molar-refractivity contribution is 0.0270. The van der Waals surface area contributed by atoms with Gasteiger partial charge < -0.3 is 4.74 Å². The van der Waals surface area contributed by atoms with Crippen molar-refractivity contribution in [2.45, 2.75) is 37.8 Å². The Morgan fingerprint density at radius 1 is 1.29 bits per heavy atom. The molecular weight excluding hydrogens is 210 g/mol. The summed E-state index contributed by atoms with van der Waals surface area (Å²) < 4.78 is 13.1. The molecule has 1 aromatic carbocycles. The van der Waals surface area contributed by atoms with E-state index in [0.717, 1.165) is 32.4 Å². The largest absolute Gasteiger partial charge is 0.381 e. The molecule has 0 N–H and O–H groups in total. The minimum Gasteiger partial charge on any atom is -0.381 e. The molecule has 3 rings (SSSR count). The molecule has 1 aliphatic heterocycles. The Morgan fingerprint density at radius 3 is 2.88 bits per heavy atom. The average molecular weight is 232 g/mol. The van der Waals surface area contributed by atoms with Gasteiger partial charge in [0.05, 0.1) is 7.47 Å². The number of fused-ring (bicyclic) bond motifs is 1. The first-order chi connectivity index (χ1) is 8.78. The molecule has 1 aliphatic carbocycles. The van der Waals surface area contributed by atoms with Gasteiger partial charge in [-0.1, -0.05) is 24.2 Å². The average Bonchev–Trinajstić information content (AvgIpc) is 2.81. The maximum Gasteiger partial charge on any atom is 0.0623 e. The SMILES string of the molecule is [2H]c1ccc2c(c1)CCC2N1CCC(OC)CC1. The molecule has 0 amide bonds. The maximum atomic E-state index is 7.70. The van der Waals surface area contributed by atoms with Crippen molar-refractivity contribution < 1.29 is 6.11 Å². The van der Waals surface area contributed by atoms with Gasteiger partial charge >= 0.3 is 0 Å². The van der Waals surface area contributed by atoms with E-state index in [1.54, 1.807) is 0 Å². The highest BCUT2D eigenvalue weighted by molar-refractivity contribution is 5.34. The molecule has 1 unspecified atom stereocenters. The van der Waals surface area contributed by atoms with E-state index in [1.807, 2.05) is 19.2 Å². The Kier molecular flexibility index (Phi) is 2.85. The van der Waals surface area contributed by atoms with Gasteiger partial charge in [0.1, 0.15) is 0 Å². The summed E-state index contributed by atoms with van der Waals surface area (Å²) in [7, 11) is 1.82. The summed E-state index contributed by atoms with van der Waals surface area (Å²) in [5.74, 6) is 0. The van der Waals surface area contributed by atoms with Crippen LogP contribution in [0.4, 0.5) is 0 Å². The van der Waals surface area contributed by atoms with Gasteiger partial charge in [-0.3, -0.25) is 4.90 Å². The predicted octanol–water partition coefficient (Wildman–Crippen LogP) is 2.78. The molecule has 2 nitrogen and oxygen atoms in total. The number of rotatable bonds is 2. The van der Waals surface area contributed by atoms with Crippen molar-refractivity contribution in [2.75, 3.05) is 20.2 Å². The smallest absolute Gasteiger partial charge is 0.0623 e. The standard InChI is InChI=1S/C15H21NO/c1-17-13-8-10-16(11-9-13)15-7-6-12-4-2-3-5-14(12)15/h2-5,13,15H,6-11H2,1H3/i2D. The summed E-state index contributed by atoms with van der Waals surface area (Å²) in [4.78, 5) is 2.60. The van der Waals surface area contributed by atoms with E-state index in [9.17, 15) is 0 Å². The van der Waals surface area contributed by atoms with Crippen molar-refractivity contribution in [1.29, 1.82) is 0 Å². The Morgan fingerprint density at radius 2 is 2.12 bits per heavy atom. The molecule has 0 saturated carbocycles. The topological polar surface area (TPSA) is 12.5 Å². The van der Waals surface area contributed by atoms with Crippen molar-refractivity contribution in [3.8, 4) is 0 Å². The van der Waals surface area contributed by atoms with E-state index in [2.05, 4.69) is 11.0 Å². The number of piperidine rings is 1. The summed E-state index contributed by atoms with van der Waals surface area (Å²) >= 11 is 0. The molecule has 0 bridgehead atoms.